The van der Waals surface area contributed by atoms with Crippen LogP contribution in [0.5, 0.6) is 0 Å². The van der Waals surface area contributed by atoms with Crippen molar-refractivity contribution in [2.45, 2.75) is 19.8 Å². The van der Waals surface area contributed by atoms with Gasteiger partial charge in [-0.25, -0.2) is 8.42 Å². The lowest BCUT2D eigenvalue weighted by Gasteiger charge is -2.14. The van der Waals surface area contributed by atoms with Gasteiger partial charge in [0.25, 0.3) is 0 Å². The van der Waals surface area contributed by atoms with Gasteiger partial charge < -0.3 is 10.1 Å². The number of hydrogen-bond acceptors (Lipinski definition) is 4. The van der Waals surface area contributed by atoms with Crippen LogP contribution in [0.15, 0.2) is 54.6 Å². The summed E-state index contributed by atoms with van der Waals surface area (Å²) < 4.78 is 26.0. The predicted molar refractivity (Wildman–Crippen MR) is 119 cm³/mol. The summed E-state index contributed by atoms with van der Waals surface area (Å²) in [6, 6.07) is 15.9. The molecular formula is C22H23ClN2O4S. The summed E-state index contributed by atoms with van der Waals surface area (Å²) in [5, 5.41) is 9.23. The van der Waals surface area contributed by atoms with Crippen molar-refractivity contribution in [1.82, 2.24) is 4.98 Å². The summed E-state index contributed by atoms with van der Waals surface area (Å²) in [4.78, 5) is 15.9. The predicted octanol–water partition coefficient (Wildman–Crippen LogP) is 4.09. The molecule has 0 amide bonds. The molecule has 1 unspecified atom stereocenters. The summed E-state index contributed by atoms with van der Waals surface area (Å²) in [5.41, 5.74) is 4.12. The first-order valence-corrected chi connectivity index (χ1v) is 11.4. The molecule has 1 heterocycles. The van der Waals surface area contributed by atoms with Crippen molar-refractivity contribution in [3.05, 3.63) is 87.7 Å². The Hall–Kier alpha value is -2.61. The Kier molecular flexibility index (Phi) is 6.65. The largest absolute Gasteiger partial charge is 0.395 e. The van der Waals surface area contributed by atoms with Gasteiger partial charge in [-0.1, -0.05) is 54.4 Å². The lowest BCUT2D eigenvalue weighted by molar-refractivity contribution is 0.103. The van der Waals surface area contributed by atoms with Gasteiger partial charge in [-0.3, -0.25) is 9.52 Å². The van der Waals surface area contributed by atoms with Gasteiger partial charge in [0.05, 0.1) is 18.1 Å². The zero-order chi connectivity index (χ0) is 21.9. The van der Waals surface area contributed by atoms with Crippen LogP contribution in [0.2, 0.25) is 5.02 Å². The third kappa shape index (κ3) is 5.11. The molecule has 0 radical (unpaired) electrons. The number of nitrogens with one attached hydrogen (secondary N) is 2. The number of H-pyrrole nitrogens is 1. The van der Waals surface area contributed by atoms with Gasteiger partial charge in [0.15, 0.2) is 0 Å². The Morgan fingerprint density at radius 3 is 2.47 bits per heavy atom. The number of anilines is 1. The number of aromatic amines is 1. The Labute approximate surface area is 181 Å². The first kappa shape index (κ1) is 22.1. The van der Waals surface area contributed by atoms with Crippen LogP contribution >= 0.6 is 11.6 Å². The van der Waals surface area contributed by atoms with Crippen molar-refractivity contribution in [3.63, 3.8) is 0 Å². The fourth-order valence-electron chi connectivity index (χ4n) is 3.12. The molecule has 0 saturated carbocycles. The molecule has 3 aromatic rings. The molecule has 0 saturated heterocycles. The summed E-state index contributed by atoms with van der Waals surface area (Å²) in [6.07, 6.45) is 0. The minimum atomic E-state index is -3.62. The average Bonchev–Trinajstić information content (AvgIpc) is 3.17. The van der Waals surface area contributed by atoms with Crippen LogP contribution in [-0.2, 0) is 10.0 Å². The van der Waals surface area contributed by atoms with E-state index in [0.717, 1.165) is 16.8 Å². The maximum absolute atomic E-state index is 12.7. The van der Waals surface area contributed by atoms with E-state index in [1.165, 1.54) is 6.07 Å². The number of aliphatic hydroxyl groups is 1. The number of rotatable bonds is 8. The smallest absolute Gasteiger partial charge is 0.234 e. The summed E-state index contributed by atoms with van der Waals surface area (Å²) in [6.45, 7) is 3.45. The number of carbonyl (C=O) groups is 1. The zero-order valence-corrected chi connectivity index (χ0v) is 18.2. The van der Waals surface area contributed by atoms with Crippen LogP contribution in [0.25, 0.3) is 0 Å². The number of sulfonamides is 1. The monoisotopic (exact) mass is 446 g/mol. The molecule has 0 bridgehead atoms. The van der Waals surface area contributed by atoms with Crippen LogP contribution in [0.4, 0.5) is 5.69 Å². The van der Waals surface area contributed by atoms with E-state index in [2.05, 4.69) is 9.71 Å². The van der Waals surface area contributed by atoms with Gasteiger partial charge in [0.1, 0.15) is 0 Å². The van der Waals surface area contributed by atoms with Crippen molar-refractivity contribution in [1.29, 1.82) is 0 Å². The third-order valence-electron chi connectivity index (χ3n) is 4.83. The fourth-order valence-corrected chi connectivity index (χ4v) is 4.29. The number of ketones is 1. The molecule has 0 aliphatic heterocycles. The van der Waals surface area contributed by atoms with Crippen molar-refractivity contribution >= 4 is 33.1 Å². The first-order chi connectivity index (χ1) is 14.2. The van der Waals surface area contributed by atoms with Crippen LogP contribution in [0.3, 0.4) is 0 Å². The van der Waals surface area contributed by atoms with E-state index >= 15 is 0 Å². The van der Waals surface area contributed by atoms with Gasteiger partial charge in [-0.05, 0) is 36.8 Å². The van der Waals surface area contributed by atoms with Gasteiger partial charge in [-0.15, -0.1) is 0 Å². The minimum absolute atomic E-state index is 0.0896. The highest BCUT2D eigenvalue weighted by Gasteiger charge is 2.18. The van der Waals surface area contributed by atoms with Gasteiger partial charge in [-0.2, -0.15) is 0 Å². The van der Waals surface area contributed by atoms with Crippen molar-refractivity contribution < 1.29 is 18.3 Å². The van der Waals surface area contributed by atoms with E-state index < -0.39 is 16.6 Å². The summed E-state index contributed by atoms with van der Waals surface area (Å²) in [5.74, 6) is -0.614. The topological polar surface area (TPSA) is 99.3 Å². The molecule has 3 rings (SSSR count). The Bertz CT molecular complexity index is 1150. The molecule has 30 heavy (non-hydrogen) atoms. The Morgan fingerprint density at radius 1 is 1.13 bits per heavy atom. The number of aryl methyl sites for hydroxylation is 1. The molecule has 0 fully saturated rings. The maximum Gasteiger partial charge on any atom is 0.234 e. The molecule has 2 aromatic carbocycles. The quantitative estimate of drug-likeness (QED) is 0.454. The van der Waals surface area contributed by atoms with E-state index in [0.29, 0.717) is 22.0 Å². The average molecular weight is 447 g/mol. The van der Waals surface area contributed by atoms with Crippen LogP contribution in [0, 0.1) is 6.92 Å². The highest BCUT2D eigenvalue weighted by atomic mass is 35.5. The van der Waals surface area contributed by atoms with Crippen LogP contribution in [-0.4, -0.2) is 36.7 Å². The van der Waals surface area contributed by atoms with Gasteiger partial charge >= 0.3 is 0 Å². The van der Waals surface area contributed by atoms with Crippen LogP contribution in [0.1, 0.15) is 45.7 Å². The second-order valence-corrected chi connectivity index (χ2v) is 9.37. The summed E-state index contributed by atoms with van der Waals surface area (Å²) in [7, 11) is -3.62. The van der Waals surface area contributed by atoms with E-state index in [4.69, 9.17) is 16.7 Å². The van der Waals surface area contributed by atoms with Crippen molar-refractivity contribution in [2.75, 3.05) is 17.1 Å². The normalized spacial score (nSPS) is 12.5. The van der Waals surface area contributed by atoms with E-state index in [1.54, 1.807) is 30.3 Å². The fraction of sp³-hybridized carbons (Fsp3) is 0.227. The highest BCUT2D eigenvalue weighted by molar-refractivity contribution is 7.92. The Balaban J connectivity index is 1.79. The van der Waals surface area contributed by atoms with Crippen LogP contribution < -0.4 is 4.72 Å². The molecule has 3 N–H and O–H groups in total. The number of aromatic nitrogens is 1. The SMILES string of the molecule is Cc1ccc(C(=O)c2ccc(C(C)c3ccc(NS(=O)(=O)CCO)cc3Cl)[nH]2)cc1. The Morgan fingerprint density at radius 2 is 1.83 bits per heavy atom. The number of aliphatic hydroxyl groups excluding tert-OH is 1. The standard InChI is InChI=1S/C22H23ClN2O4S/c1-14-3-5-16(6-4-14)22(27)21-10-9-20(24-21)15(2)18-8-7-17(13-19(18)23)25-30(28,29)12-11-26/h3-10,13,15,24-26H,11-12H2,1-2H3. The molecule has 1 aromatic heterocycles. The van der Waals surface area contributed by atoms with Gasteiger partial charge in [0.2, 0.25) is 15.8 Å². The second-order valence-electron chi connectivity index (χ2n) is 7.13. The molecule has 0 aliphatic rings. The van der Waals surface area contributed by atoms with Gasteiger partial charge in [0, 0.05) is 27.9 Å². The first-order valence-electron chi connectivity index (χ1n) is 9.41. The molecule has 0 spiro atoms. The molecular weight excluding hydrogens is 424 g/mol. The minimum Gasteiger partial charge on any atom is -0.395 e. The maximum atomic E-state index is 12.7. The zero-order valence-electron chi connectivity index (χ0n) is 16.6. The van der Waals surface area contributed by atoms with E-state index in [1.807, 2.05) is 32.0 Å². The molecule has 158 valence electrons. The van der Waals surface area contributed by atoms with E-state index in [9.17, 15) is 13.2 Å². The summed E-state index contributed by atoms with van der Waals surface area (Å²) >= 11 is 6.40. The third-order valence-corrected chi connectivity index (χ3v) is 6.43. The highest BCUT2D eigenvalue weighted by Crippen LogP contribution is 2.32. The van der Waals surface area contributed by atoms with Crippen molar-refractivity contribution in [2.24, 2.45) is 0 Å². The molecule has 1 atom stereocenters. The molecule has 0 aliphatic carbocycles. The lowest BCUT2D eigenvalue weighted by atomic mass is 9.98. The number of halogens is 1. The second kappa shape index (κ2) is 9.04. The molecule has 6 nitrogen and oxygen atoms in total. The molecule has 8 heteroatoms. The number of benzene rings is 2. The number of carbonyl (C=O) groups excluding carboxylic acids is 1. The lowest BCUT2D eigenvalue weighted by Crippen LogP contribution is -2.18. The van der Waals surface area contributed by atoms with E-state index in [-0.39, 0.29) is 17.5 Å². The van der Waals surface area contributed by atoms with Crippen molar-refractivity contribution in [3.8, 4) is 0 Å². The number of hydrogen-bond donors (Lipinski definition) is 3.